The number of rotatable bonds is 3. The van der Waals surface area contributed by atoms with Crippen LogP contribution >= 0.6 is 0 Å². The van der Waals surface area contributed by atoms with Gasteiger partial charge >= 0.3 is 0 Å². The summed E-state index contributed by atoms with van der Waals surface area (Å²) in [6, 6.07) is 30.0. The summed E-state index contributed by atoms with van der Waals surface area (Å²) in [6.07, 6.45) is 0.383. The molecule has 3 aromatic heterocycles. The minimum Gasteiger partial charge on any atom is -0.456 e. The first-order valence-electron chi connectivity index (χ1n) is 13.6. The van der Waals surface area contributed by atoms with Crippen molar-refractivity contribution in [3.8, 4) is 22.4 Å². The number of hydrogen-bond acceptors (Lipinski definition) is 3. The molecule has 3 nitrogen and oxygen atoms in total. The van der Waals surface area contributed by atoms with Gasteiger partial charge in [-0.2, -0.15) is 0 Å². The zero-order valence-electron chi connectivity index (χ0n) is 23.0. The van der Waals surface area contributed by atoms with E-state index in [4.69, 9.17) is 16.6 Å². The molecule has 0 aliphatic rings. The van der Waals surface area contributed by atoms with Crippen LogP contribution in [0, 0.1) is 5.41 Å². The van der Waals surface area contributed by atoms with E-state index in [0.717, 1.165) is 66.3 Å². The molecule has 0 aliphatic heterocycles. The first-order valence-corrected chi connectivity index (χ1v) is 12.6. The number of aromatic nitrogens is 1. The van der Waals surface area contributed by atoms with Crippen molar-refractivity contribution in [2.24, 2.45) is 5.41 Å². The summed E-state index contributed by atoms with van der Waals surface area (Å²) in [6.45, 7) is 5.78. The fourth-order valence-corrected chi connectivity index (χ4v) is 5.24. The summed E-state index contributed by atoms with van der Waals surface area (Å²) < 4.78 is 29.8. The van der Waals surface area contributed by atoms with E-state index in [1.165, 1.54) is 0 Å². The summed E-state index contributed by atoms with van der Waals surface area (Å²) in [5.41, 5.74) is 7.26. The normalized spacial score (nSPS) is 13.5. The lowest BCUT2D eigenvalue weighted by Crippen LogP contribution is -2.08. The molecule has 0 unspecified atom stereocenters. The lowest BCUT2D eigenvalue weighted by molar-refractivity contribution is 0.411. The number of fused-ring (bicyclic) bond motifs is 7. The Labute approximate surface area is 218 Å². The van der Waals surface area contributed by atoms with Crippen molar-refractivity contribution in [2.75, 3.05) is 0 Å². The Bertz CT molecular complexity index is 2030. The molecule has 0 radical (unpaired) electrons. The van der Waals surface area contributed by atoms with Crippen molar-refractivity contribution in [2.45, 2.75) is 27.1 Å². The van der Waals surface area contributed by atoms with Crippen LogP contribution in [-0.4, -0.2) is 4.98 Å². The third kappa shape index (κ3) is 3.70. The molecule has 4 aromatic carbocycles. The standard InChI is InChI=1S/C34H27NO2/c1-34(2,3)20-21-11-13-22(14-12-21)23-17-18-35-27(19-23)24-8-6-9-26-32-30(37-33(24)26)16-15-29-31(32)25-7-4-5-10-28(25)36-29/h4-19H,20H2,1-3H3/i20D2. The number of nitrogens with zero attached hydrogens (tertiary/aromatic N) is 1. The summed E-state index contributed by atoms with van der Waals surface area (Å²) >= 11 is 0. The molecule has 0 atom stereocenters. The molecule has 7 rings (SSSR count). The fraction of sp³-hybridized carbons (Fsp3) is 0.147. The van der Waals surface area contributed by atoms with Gasteiger partial charge in [0.2, 0.25) is 0 Å². The van der Waals surface area contributed by atoms with Crippen LogP contribution in [0.1, 0.15) is 29.1 Å². The van der Waals surface area contributed by atoms with Crippen LogP contribution in [0.4, 0.5) is 0 Å². The number of hydrogen-bond donors (Lipinski definition) is 0. The molecule has 0 amide bonds. The van der Waals surface area contributed by atoms with Crippen LogP contribution in [0.15, 0.2) is 106 Å². The molecule has 0 aliphatic carbocycles. The first-order chi connectivity index (χ1) is 18.7. The van der Waals surface area contributed by atoms with Gasteiger partial charge < -0.3 is 8.83 Å². The maximum atomic E-state index is 8.59. The number of benzene rings is 4. The van der Waals surface area contributed by atoms with Gasteiger partial charge in [-0.3, -0.25) is 4.98 Å². The number of pyridine rings is 1. The Hall–Kier alpha value is -4.37. The Kier molecular flexibility index (Phi) is 4.31. The van der Waals surface area contributed by atoms with Crippen molar-refractivity contribution < 1.29 is 11.6 Å². The highest BCUT2D eigenvalue weighted by atomic mass is 16.3. The van der Waals surface area contributed by atoms with Crippen LogP contribution in [0.5, 0.6) is 0 Å². The smallest absolute Gasteiger partial charge is 0.144 e. The highest BCUT2D eigenvalue weighted by molar-refractivity contribution is 6.26. The van der Waals surface area contributed by atoms with Gasteiger partial charge in [-0.15, -0.1) is 0 Å². The minimum atomic E-state index is -1.43. The summed E-state index contributed by atoms with van der Waals surface area (Å²) in [4.78, 5) is 4.71. The molecule has 37 heavy (non-hydrogen) atoms. The average molecular weight is 484 g/mol. The lowest BCUT2D eigenvalue weighted by Gasteiger charge is -2.18. The Morgan fingerprint density at radius 3 is 2.24 bits per heavy atom. The maximum Gasteiger partial charge on any atom is 0.144 e. The minimum absolute atomic E-state index is 0.502. The van der Waals surface area contributed by atoms with Crippen molar-refractivity contribution in [3.05, 3.63) is 103 Å². The zero-order valence-corrected chi connectivity index (χ0v) is 21.0. The summed E-state index contributed by atoms with van der Waals surface area (Å²) in [5, 5.41) is 4.22. The molecule has 7 aromatic rings. The van der Waals surface area contributed by atoms with E-state index >= 15 is 0 Å². The van der Waals surface area contributed by atoms with E-state index in [2.05, 4.69) is 18.2 Å². The van der Waals surface area contributed by atoms with Gasteiger partial charge in [-0.05, 0) is 64.9 Å². The van der Waals surface area contributed by atoms with E-state index in [0.29, 0.717) is 5.56 Å². The second-order valence-corrected chi connectivity index (χ2v) is 10.6. The molecule has 3 heterocycles. The molecule has 0 fully saturated rings. The Morgan fingerprint density at radius 2 is 1.43 bits per heavy atom. The second kappa shape index (κ2) is 8.07. The molecule has 0 saturated heterocycles. The molecular weight excluding hydrogens is 454 g/mol. The largest absolute Gasteiger partial charge is 0.456 e. The highest BCUT2D eigenvalue weighted by Gasteiger charge is 2.19. The third-order valence-corrected chi connectivity index (χ3v) is 6.78. The van der Waals surface area contributed by atoms with Gasteiger partial charge in [0, 0.05) is 36.0 Å². The van der Waals surface area contributed by atoms with E-state index < -0.39 is 11.8 Å². The Balaban J connectivity index is 1.36. The van der Waals surface area contributed by atoms with Crippen LogP contribution in [0.3, 0.4) is 0 Å². The first kappa shape index (κ1) is 19.8. The highest BCUT2D eigenvalue weighted by Crippen LogP contribution is 2.42. The predicted octanol–water partition coefficient (Wildman–Crippen LogP) is 9.80. The third-order valence-electron chi connectivity index (χ3n) is 6.78. The molecule has 0 saturated carbocycles. The van der Waals surface area contributed by atoms with Gasteiger partial charge in [0.15, 0.2) is 0 Å². The molecule has 0 spiro atoms. The second-order valence-electron chi connectivity index (χ2n) is 10.6. The predicted molar refractivity (Wildman–Crippen MR) is 153 cm³/mol. The molecule has 180 valence electrons. The number of furan rings is 2. The van der Waals surface area contributed by atoms with Crippen LogP contribution < -0.4 is 0 Å². The monoisotopic (exact) mass is 483 g/mol. The van der Waals surface area contributed by atoms with Crippen molar-refractivity contribution >= 4 is 43.9 Å². The average Bonchev–Trinajstić information content (AvgIpc) is 3.50. The van der Waals surface area contributed by atoms with Gasteiger partial charge in [0.1, 0.15) is 22.3 Å². The van der Waals surface area contributed by atoms with Gasteiger partial charge in [-0.25, -0.2) is 0 Å². The zero-order chi connectivity index (χ0) is 26.9. The van der Waals surface area contributed by atoms with Crippen LogP contribution in [0.25, 0.3) is 66.3 Å². The van der Waals surface area contributed by atoms with E-state index in [1.807, 2.05) is 99.8 Å². The van der Waals surface area contributed by atoms with Crippen LogP contribution in [-0.2, 0) is 6.37 Å². The molecule has 3 heteroatoms. The van der Waals surface area contributed by atoms with E-state index in [1.54, 1.807) is 0 Å². The fourth-order valence-electron chi connectivity index (χ4n) is 5.24. The molecule has 0 N–H and O–H groups in total. The van der Waals surface area contributed by atoms with Crippen molar-refractivity contribution in [3.63, 3.8) is 0 Å². The Morgan fingerprint density at radius 1 is 0.703 bits per heavy atom. The van der Waals surface area contributed by atoms with E-state index in [9.17, 15) is 0 Å². The summed E-state index contributed by atoms with van der Waals surface area (Å²) in [5.74, 6) is 0. The number of para-hydroxylation sites is 2. The van der Waals surface area contributed by atoms with Gasteiger partial charge in [-0.1, -0.05) is 75.4 Å². The lowest BCUT2D eigenvalue weighted by atomic mass is 9.87. The quantitative estimate of drug-likeness (QED) is 0.251. The SMILES string of the molecule is [2H]C([2H])(c1ccc(-c2ccnc(-c3cccc4c3oc3ccc5oc6ccccc6c5c34)c2)cc1)C(C)(C)C. The van der Waals surface area contributed by atoms with Crippen molar-refractivity contribution in [1.29, 1.82) is 0 Å². The molecular formula is C34H27NO2. The molecule has 0 bridgehead atoms. The van der Waals surface area contributed by atoms with Crippen molar-refractivity contribution in [1.82, 2.24) is 4.98 Å². The van der Waals surface area contributed by atoms with E-state index in [-0.39, 0.29) is 0 Å². The van der Waals surface area contributed by atoms with Gasteiger partial charge in [0.05, 0.1) is 5.69 Å². The van der Waals surface area contributed by atoms with Crippen LogP contribution in [0.2, 0.25) is 0 Å². The summed E-state index contributed by atoms with van der Waals surface area (Å²) in [7, 11) is 0. The topological polar surface area (TPSA) is 39.2 Å². The maximum absolute atomic E-state index is 8.59. The van der Waals surface area contributed by atoms with Gasteiger partial charge in [0.25, 0.3) is 0 Å².